The summed E-state index contributed by atoms with van der Waals surface area (Å²) in [5, 5.41) is 0. The van der Waals surface area contributed by atoms with Crippen LogP contribution in [0, 0.1) is 11.8 Å². The van der Waals surface area contributed by atoms with E-state index in [1.165, 1.54) is 11.3 Å². The maximum absolute atomic E-state index is 12.1. The number of carbonyl (C=O) groups is 1. The van der Waals surface area contributed by atoms with Crippen LogP contribution in [0.4, 0.5) is 0 Å². The number of amides is 1. The van der Waals surface area contributed by atoms with Gasteiger partial charge in [-0.15, -0.1) is 0 Å². The summed E-state index contributed by atoms with van der Waals surface area (Å²) in [4.78, 5) is 14.0. The molecule has 3 rings (SSSR count). The van der Waals surface area contributed by atoms with Crippen LogP contribution in [-0.4, -0.2) is 17.4 Å². The molecule has 0 spiro atoms. The van der Waals surface area contributed by atoms with Gasteiger partial charge < -0.3 is 4.90 Å². The molecule has 2 nitrogen and oxygen atoms in total. The second-order valence-corrected chi connectivity index (χ2v) is 4.09. The summed E-state index contributed by atoms with van der Waals surface area (Å²) >= 11 is 0. The van der Waals surface area contributed by atoms with Crippen molar-refractivity contribution in [2.75, 3.05) is 6.54 Å². The Labute approximate surface area is 89.3 Å². The molecule has 1 fully saturated rings. The molecule has 0 aromatic rings. The lowest BCUT2D eigenvalue weighted by molar-refractivity contribution is -0.128. The predicted molar refractivity (Wildman–Crippen MR) is 58.8 cm³/mol. The maximum Gasteiger partial charge on any atom is 0.234 e. The van der Waals surface area contributed by atoms with Gasteiger partial charge in [-0.1, -0.05) is 30.4 Å². The lowest BCUT2D eigenvalue weighted by Gasteiger charge is -2.23. The lowest BCUT2D eigenvalue weighted by atomic mass is 9.80. The molecular formula is C13H13NO. The molecule has 1 amide bonds. The first-order chi connectivity index (χ1) is 7.33. The molecule has 1 heterocycles. The van der Waals surface area contributed by atoms with Crippen molar-refractivity contribution in [2.24, 2.45) is 11.8 Å². The van der Waals surface area contributed by atoms with Crippen LogP contribution in [0.3, 0.4) is 0 Å². The molecule has 1 saturated heterocycles. The Kier molecular flexibility index (Phi) is 1.72. The van der Waals surface area contributed by atoms with Gasteiger partial charge in [0, 0.05) is 18.2 Å². The summed E-state index contributed by atoms with van der Waals surface area (Å²) in [7, 11) is 0. The van der Waals surface area contributed by atoms with Crippen LogP contribution in [0.1, 0.15) is 6.92 Å². The average Bonchev–Trinajstić information content (AvgIpc) is 2.55. The van der Waals surface area contributed by atoms with Crippen molar-refractivity contribution in [3.05, 3.63) is 47.7 Å². The van der Waals surface area contributed by atoms with Gasteiger partial charge in [-0.3, -0.25) is 4.79 Å². The number of hydrogen-bond donors (Lipinski definition) is 0. The average molecular weight is 199 g/mol. The van der Waals surface area contributed by atoms with E-state index in [4.69, 9.17) is 0 Å². The Balaban J connectivity index is 2.15. The van der Waals surface area contributed by atoms with Crippen LogP contribution in [0.15, 0.2) is 47.7 Å². The number of carbonyl (C=O) groups excluding carboxylic acids is 1. The van der Waals surface area contributed by atoms with E-state index < -0.39 is 0 Å². The highest BCUT2D eigenvalue weighted by Crippen LogP contribution is 2.43. The number of nitrogens with zero attached hydrogens (tertiary/aromatic N) is 1. The third kappa shape index (κ3) is 1.02. The minimum Gasteiger partial charge on any atom is -0.315 e. The molecule has 2 heteroatoms. The number of allylic oxidation sites excluding steroid dienone is 6. The standard InChI is InChI=1S/C13H13NO/c1-2-14-11-8-4-6-9-5-3-7-10(12(9)11)13(14)15/h3-8,10,12H,2H2,1H3. The van der Waals surface area contributed by atoms with Gasteiger partial charge in [0.15, 0.2) is 0 Å². The third-order valence-corrected chi connectivity index (χ3v) is 3.38. The summed E-state index contributed by atoms with van der Waals surface area (Å²) in [6, 6.07) is 0. The van der Waals surface area contributed by atoms with Crippen LogP contribution in [0.25, 0.3) is 0 Å². The zero-order valence-electron chi connectivity index (χ0n) is 8.68. The van der Waals surface area contributed by atoms with Gasteiger partial charge in [0.25, 0.3) is 0 Å². The van der Waals surface area contributed by atoms with E-state index in [0.717, 1.165) is 6.54 Å². The first-order valence-corrected chi connectivity index (χ1v) is 5.41. The van der Waals surface area contributed by atoms with Gasteiger partial charge in [0.05, 0.1) is 5.92 Å². The van der Waals surface area contributed by atoms with Crippen molar-refractivity contribution in [1.29, 1.82) is 0 Å². The normalized spacial score (nSPS) is 31.5. The zero-order chi connectivity index (χ0) is 10.4. The van der Waals surface area contributed by atoms with Crippen molar-refractivity contribution in [3.8, 4) is 0 Å². The van der Waals surface area contributed by atoms with Crippen LogP contribution in [-0.2, 0) is 4.79 Å². The maximum atomic E-state index is 12.1. The van der Waals surface area contributed by atoms with E-state index in [0.29, 0.717) is 0 Å². The summed E-state index contributed by atoms with van der Waals surface area (Å²) in [5.41, 5.74) is 2.44. The lowest BCUT2D eigenvalue weighted by Crippen LogP contribution is -2.25. The Bertz CT molecular complexity index is 439. The number of hydrogen-bond acceptors (Lipinski definition) is 1. The molecule has 0 saturated carbocycles. The SMILES string of the molecule is CCN1C(=O)C2C=CC=C3C=CC=C1C32. The van der Waals surface area contributed by atoms with E-state index in [1.807, 2.05) is 30.1 Å². The van der Waals surface area contributed by atoms with Crippen LogP contribution in [0.2, 0.25) is 0 Å². The van der Waals surface area contributed by atoms with Gasteiger partial charge >= 0.3 is 0 Å². The predicted octanol–water partition coefficient (Wildman–Crippen LogP) is 2.03. The molecule has 1 aliphatic heterocycles. The minimum absolute atomic E-state index is 0.0427. The second kappa shape index (κ2) is 2.96. The van der Waals surface area contributed by atoms with Gasteiger partial charge in [-0.25, -0.2) is 0 Å². The Hall–Kier alpha value is -1.57. The highest BCUT2D eigenvalue weighted by Gasteiger charge is 2.44. The molecule has 3 aliphatic rings. The van der Waals surface area contributed by atoms with Crippen molar-refractivity contribution in [1.82, 2.24) is 4.90 Å². The molecule has 2 aliphatic carbocycles. The van der Waals surface area contributed by atoms with Gasteiger partial charge in [0.1, 0.15) is 0 Å². The summed E-state index contributed by atoms with van der Waals surface area (Å²) in [6.45, 7) is 2.80. The van der Waals surface area contributed by atoms with Crippen LogP contribution >= 0.6 is 0 Å². The van der Waals surface area contributed by atoms with Gasteiger partial charge in [0.2, 0.25) is 5.91 Å². The molecule has 0 bridgehead atoms. The second-order valence-electron chi connectivity index (χ2n) is 4.09. The molecule has 15 heavy (non-hydrogen) atoms. The van der Waals surface area contributed by atoms with Gasteiger partial charge in [-0.2, -0.15) is 0 Å². The first-order valence-electron chi connectivity index (χ1n) is 5.41. The number of rotatable bonds is 1. The fraction of sp³-hybridized carbons (Fsp3) is 0.308. The highest BCUT2D eigenvalue weighted by atomic mass is 16.2. The van der Waals surface area contributed by atoms with E-state index in [9.17, 15) is 4.79 Å². The summed E-state index contributed by atoms with van der Waals surface area (Å²) in [6.07, 6.45) is 12.4. The largest absolute Gasteiger partial charge is 0.315 e. The zero-order valence-corrected chi connectivity index (χ0v) is 8.68. The Morgan fingerprint density at radius 3 is 3.00 bits per heavy atom. The van der Waals surface area contributed by atoms with Crippen molar-refractivity contribution in [3.63, 3.8) is 0 Å². The van der Waals surface area contributed by atoms with Crippen molar-refractivity contribution < 1.29 is 4.79 Å². The molecule has 76 valence electrons. The monoisotopic (exact) mass is 199 g/mol. The summed E-state index contributed by atoms with van der Waals surface area (Å²) in [5.74, 6) is 0.577. The molecule has 2 atom stereocenters. The quantitative estimate of drug-likeness (QED) is 0.632. The Morgan fingerprint density at radius 1 is 1.33 bits per heavy atom. The van der Waals surface area contributed by atoms with Crippen molar-refractivity contribution in [2.45, 2.75) is 6.92 Å². The van der Waals surface area contributed by atoms with E-state index in [1.54, 1.807) is 0 Å². The minimum atomic E-state index is 0.0427. The third-order valence-electron chi connectivity index (χ3n) is 3.38. The van der Waals surface area contributed by atoms with Gasteiger partial charge in [-0.05, 0) is 18.6 Å². The Morgan fingerprint density at radius 2 is 2.20 bits per heavy atom. The van der Waals surface area contributed by atoms with Crippen LogP contribution in [0.5, 0.6) is 0 Å². The topological polar surface area (TPSA) is 20.3 Å². The molecule has 0 aromatic carbocycles. The smallest absolute Gasteiger partial charge is 0.234 e. The molecule has 0 radical (unpaired) electrons. The molecule has 0 N–H and O–H groups in total. The first kappa shape index (κ1) is 8.72. The summed E-state index contributed by atoms with van der Waals surface area (Å²) < 4.78 is 0. The van der Waals surface area contributed by atoms with E-state index in [2.05, 4.69) is 18.2 Å². The number of likely N-dealkylation sites (tertiary alicyclic amines) is 1. The molecular weight excluding hydrogens is 186 g/mol. The fourth-order valence-corrected chi connectivity index (χ4v) is 2.71. The molecule has 0 aromatic heterocycles. The van der Waals surface area contributed by atoms with Crippen molar-refractivity contribution >= 4 is 5.91 Å². The molecule has 2 unspecified atom stereocenters. The fourth-order valence-electron chi connectivity index (χ4n) is 2.71. The van der Waals surface area contributed by atoms with E-state index in [-0.39, 0.29) is 17.7 Å². The van der Waals surface area contributed by atoms with Crippen LogP contribution < -0.4 is 0 Å². The highest BCUT2D eigenvalue weighted by molar-refractivity contribution is 5.88. The van der Waals surface area contributed by atoms with E-state index >= 15 is 0 Å².